The number of benzene rings is 1. The van der Waals surface area contributed by atoms with E-state index in [1.165, 1.54) is 18.6 Å². The summed E-state index contributed by atoms with van der Waals surface area (Å²) in [6.07, 6.45) is 4.31. The molecule has 0 unspecified atom stereocenters. The summed E-state index contributed by atoms with van der Waals surface area (Å²) in [5.74, 6) is -0.666. The van der Waals surface area contributed by atoms with Gasteiger partial charge in [0.15, 0.2) is 0 Å². The van der Waals surface area contributed by atoms with Crippen LogP contribution in [0.3, 0.4) is 0 Å². The van der Waals surface area contributed by atoms with E-state index in [4.69, 9.17) is 0 Å². The molecule has 0 fully saturated rings. The third-order valence-electron chi connectivity index (χ3n) is 2.91. The van der Waals surface area contributed by atoms with Crippen LogP contribution in [-0.4, -0.2) is 27.3 Å². The predicted molar refractivity (Wildman–Crippen MR) is 89.2 cm³/mol. The largest absolute Gasteiger partial charge is 0.506 e. The molecule has 6 nitrogen and oxygen atoms in total. The predicted octanol–water partition coefficient (Wildman–Crippen LogP) is 3.09. The maximum atomic E-state index is 11.8. The number of phenolic OH excluding ortho intramolecular Hbond substituents is 2. The standard InChI is InChI=1S/C14H11Br2N3O3/c1-7-9(12(20)11(16)13(21)10(7)15)6-18-19-14(22)8-2-4-17-5-3-8/h2-6,20-21H,1H3,(H,19,22)/b18-6+. The number of rotatable bonds is 3. The average molecular weight is 429 g/mol. The summed E-state index contributed by atoms with van der Waals surface area (Å²) < 4.78 is 0.575. The topological polar surface area (TPSA) is 94.8 Å². The number of aromatic nitrogens is 1. The Morgan fingerprint density at radius 3 is 2.50 bits per heavy atom. The van der Waals surface area contributed by atoms with Gasteiger partial charge in [0.2, 0.25) is 0 Å². The van der Waals surface area contributed by atoms with Crippen LogP contribution in [0, 0.1) is 6.92 Å². The highest BCUT2D eigenvalue weighted by Gasteiger charge is 2.17. The number of nitrogens with zero attached hydrogens (tertiary/aromatic N) is 2. The second kappa shape index (κ2) is 6.89. The Kier molecular flexibility index (Phi) is 5.15. The van der Waals surface area contributed by atoms with E-state index in [9.17, 15) is 15.0 Å². The molecule has 3 N–H and O–H groups in total. The summed E-state index contributed by atoms with van der Waals surface area (Å²) >= 11 is 6.31. The number of pyridine rings is 1. The molecule has 1 amide bonds. The third-order valence-corrected chi connectivity index (χ3v) is 4.64. The van der Waals surface area contributed by atoms with E-state index in [0.29, 0.717) is 21.2 Å². The van der Waals surface area contributed by atoms with E-state index in [2.05, 4.69) is 47.4 Å². The first-order valence-corrected chi connectivity index (χ1v) is 7.65. The van der Waals surface area contributed by atoms with Gasteiger partial charge in [-0.1, -0.05) is 0 Å². The third kappa shape index (κ3) is 3.28. The minimum absolute atomic E-state index is 0.104. The number of halogens is 2. The van der Waals surface area contributed by atoms with Crippen molar-refractivity contribution >= 4 is 44.0 Å². The average Bonchev–Trinajstić information content (AvgIpc) is 2.55. The zero-order chi connectivity index (χ0) is 16.3. The van der Waals surface area contributed by atoms with E-state index in [-0.39, 0.29) is 16.0 Å². The maximum Gasteiger partial charge on any atom is 0.271 e. The van der Waals surface area contributed by atoms with E-state index >= 15 is 0 Å². The van der Waals surface area contributed by atoms with Gasteiger partial charge in [-0.05, 0) is 56.5 Å². The van der Waals surface area contributed by atoms with Crippen LogP contribution in [0.2, 0.25) is 0 Å². The second-order valence-corrected chi connectivity index (χ2v) is 5.88. The van der Waals surface area contributed by atoms with Crippen LogP contribution in [0.5, 0.6) is 11.5 Å². The normalized spacial score (nSPS) is 10.9. The molecule has 0 saturated carbocycles. The molecule has 0 atom stereocenters. The van der Waals surface area contributed by atoms with E-state index in [1.807, 2.05) is 0 Å². The molecule has 0 spiro atoms. The fraction of sp³-hybridized carbons (Fsp3) is 0.0714. The van der Waals surface area contributed by atoms with Crippen LogP contribution in [-0.2, 0) is 0 Å². The lowest BCUT2D eigenvalue weighted by Gasteiger charge is -2.10. The molecule has 8 heteroatoms. The Morgan fingerprint density at radius 2 is 1.86 bits per heavy atom. The van der Waals surface area contributed by atoms with Gasteiger partial charge in [0.1, 0.15) is 16.0 Å². The highest BCUT2D eigenvalue weighted by molar-refractivity contribution is 9.11. The van der Waals surface area contributed by atoms with Crippen LogP contribution >= 0.6 is 31.9 Å². The van der Waals surface area contributed by atoms with Gasteiger partial charge in [-0.2, -0.15) is 5.10 Å². The second-order valence-electron chi connectivity index (χ2n) is 4.30. The maximum absolute atomic E-state index is 11.8. The zero-order valence-electron chi connectivity index (χ0n) is 11.3. The molecule has 1 aromatic carbocycles. The highest BCUT2D eigenvalue weighted by atomic mass is 79.9. The van der Waals surface area contributed by atoms with Crippen LogP contribution in [0.1, 0.15) is 21.5 Å². The van der Waals surface area contributed by atoms with Gasteiger partial charge in [0.05, 0.1) is 10.7 Å². The van der Waals surface area contributed by atoms with Crippen molar-refractivity contribution in [3.8, 4) is 11.5 Å². The zero-order valence-corrected chi connectivity index (χ0v) is 14.5. The number of amides is 1. The molecule has 0 aliphatic heterocycles. The van der Waals surface area contributed by atoms with Crippen molar-refractivity contribution in [2.45, 2.75) is 6.92 Å². The summed E-state index contributed by atoms with van der Waals surface area (Å²) in [7, 11) is 0. The lowest BCUT2D eigenvalue weighted by molar-refractivity contribution is 0.0955. The van der Waals surface area contributed by atoms with Crippen molar-refractivity contribution in [2.75, 3.05) is 0 Å². The number of hydrogen-bond donors (Lipinski definition) is 3. The molecule has 0 radical (unpaired) electrons. The number of hydrogen-bond acceptors (Lipinski definition) is 5. The summed E-state index contributed by atoms with van der Waals surface area (Å²) in [4.78, 5) is 15.6. The molecule has 0 bridgehead atoms. The molecule has 1 aromatic heterocycles. The van der Waals surface area contributed by atoms with Gasteiger partial charge in [-0.25, -0.2) is 5.43 Å². The van der Waals surface area contributed by atoms with Gasteiger partial charge in [-0.15, -0.1) is 0 Å². The van der Waals surface area contributed by atoms with Crippen molar-refractivity contribution in [3.05, 3.63) is 50.2 Å². The van der Waals surface area contributed by atoms with Crippen LogP contribution in [0.25, 0.3) is 0 Å². The van der Waals surface area contributed by atoms with Crippen molar-refractivity contribution < 1.29 is 15.0 Å². The number of carbonyl (C=O) groups excluding carboxylic acids is 1. The molecule has 114 valence electrons. The Labute approximate surface area is 143 Å². The highest BCUT2D eigenvalue weighted by Crippen LogP contribution is 2.43. The van der Waals surface area contributed by atoms with Gasteiger partial charge in [0, 0.05) is 23.5 Å². The first-order valence-electron chi connectivity index (χ1n) is 6.06. The number of nitrogens with one attached hydrogen (secondary N) is 1. The fourth-order valence-electron chi connectivity index (χ4n) is 1.68. The minimum Gasteiger partial charge on any atom is -0.506 e. The van der Waals surface area contributed by atoms with E-state index in [1.54, 1.807) is 19.1 Å². The summed E-state index contributed by atoms with van der Waals surface area (Å²) in [5.41, 5.74) is 3.72. The molecular weight excluding hydrogens is 418 g/mol. The Hall–Kier alpha value is -1.93. The summed E-state index contributed by atoms with van der Waals surface area (Å²) in [6.45, 7) is 1.70. The first kappa shape index (κ1) is 16.4. The number of phenols is 2. The van der Waals surface area contributed by atoms with Crippen molar-refractivity contribution in [3.63, 3.8) is 0 Å². The molecule has 1 heterocycles. The molecule has 2 aromatic rings. The molecule has 0 aliphatic rings. The van der Waals surface area contributed by atoms with Crippen LogP contribution in [0.4, 0.5) is 0 Å². The minimum atomic E-state index is -0.396. The molecule has 0 saturated heterocycles. The van der Waals surface area contributed by atoms with E-state index in [0.717, 1.165) is 0 Å². The van der Waals surface area contributed by atoms with Crippen LogP contribution in [0.15, 0.2) is 38.6 Å². The molecule has 22 heavy (non-hydrogen) atoms. The fourth-order valence-corrected chi connectivity index (χ4v) is 2.77. The number of hydrazone groups is 1. The SMILES string of the molecule is Cc1c(Br)c(O)c(Br)c(O)c1/C=N/NC(=O)c1ccncc1. The van der Waals surface area contributed by atoms with Gasteiger partial charge < -0.3 is 10.2 Å². The van der Waals surface area contributed by atoms with Crippen molar-refractivity contribution in [2.24, 2.45) is 5.10 Å². The number of carbonyl (C=O) groups is 1. The van der Waals surface area contributed by atoms with Crippen molar-refractivity contribution in [1.29, 1.82) is 0 Å². The Morgan fingerprint density at radius 1 is 1.23 bits per heavy atom. The van der Waals surface area contributed by atoms with E-state index < -0.39 is 5.91 Å². The summed E-state index contributed by atoms with van der Waals surface area (Å²) in [5, 5.41) is 23.6. The first-order chi connectivity index (χ1) is 10.4. The van der Waals surface area contributed by atoms with Gasteiger partial charge in [0.25, 0.3) is 5.91 Å². The van der Waals surface area contributed by atoms with Crippen LogP contribution < -0.4 is 5.43 Å². The molecular formula is C14H11Br2N3O3. The quantitative estimate of drug-likeness (QED) is 0.517. The lowest BCUT2D eigenvalue weighted by Crippen LogP contribution is -2.17. The molecule has 2 rings (SSSR count). The smallest absolute Gasteiger partial charge is 0.271 e. The summed E-state index contributed by atoms with van der Waals surface area (Å²) in [6, 6.07) is 3.11. The van der Waals surface area contributed by atoms with Gasteiger partial charge in [-0.3, -0.25) is 9.78 Å². The Bertz CT molecular complexity index is 720. The Balaban J connectivity index is 2.23. The van der Waals surface area contributed by atoms with Crippen molar-refractivity contribution in [1.82, 2.24) is 10.4 Å². The number of aromatic hydroxyl groups is 2. The van der Waals surface area contributed by atoms with Gasteiger partial charge >= 0.3 is 0 Å². The monoisotopic (exact) mass is 427 g/mol. The lowest BCUT2D eigenvalue weighted by atomic mass is 10.1. The molecule has 0 aliphatic carbocycles.